The first-order valence-corrected chi connectivity index (χ1v) is 8.30. The van der Waals surface area contributed by atoms with Crippen LogP contribution in [-0.4, -0.2) is 14.5 Å². The summed E-state index contributed by atoms with van der Waals surface area (Å²) < 4.78 is 41.4. The third-order valence-corrected chi connectivity index (χ3v) is 4.86. The van der Waals surface area contributed by atoms with E-state index in [1.54, 1.807) is 0 Å². The third kappa shape index (κ3) is 3.15. The Balaban J connectivity index is 2.08. The van der Waals surface area contributed by atoms with E-state index in [1.807, 2.05) is 6.20 Å². The van der Waals surface area contributed by atoms with Crippen molar-refractivity contribution in [3.63, 3.8) is 0 Å². The Morgan fingerprint density at radius 1 is 1.40 bits per heavy atom. The molecule has 25 heavy (non-hydrogen) atoms. The van der Waals surface area contributed by atoms with Gasteiger partial charge in [-0.3, -0.25) is 0 Å². The fraction of sp³-hybridized carbons (Fsp3) is 0.444. The molecular formula is C18H21F3N4. The van der Waals surface area contributed by atoms with Crippen LogP contribution in [-0.2, 0) is 6.18 Å². The number of rotatable bonds is 4. The van der Waals surface area contributed by atoms with E-state index in [0.717, 1.165) is 24.7 Å². The van der Waals surface area contributed by atoms with Crippen LogP contribution >= 0.6 is 0 Å². The number of hydrogen-bond acceptors (Lipinski definition) is 3. The second-order valence-corrected chi connectivity index (χ2v) is 6.56. The number of halogens is 3. The van der Waals surface area contributed by atoms with Crippen molar-refractivity contribution in [2.24, 2.45) is 0 Å². The van der Waals surface area contributed by atoms with E-state index in [-0.39, 0.29) is 12.0 Å². The molecular weight excluding hydrogens is 329 g/mol. The van der Waals surface area contributed by atoms with E-state index in [0.29, 0.717) is 11.3 Å². The maximum absolute atomic E-state index is 13.1. The zero-order valence-electron chi connectivity index (χ0n) is 14.4. The maximum atomic E-state index is 13.1. The molecule has 2 unspecified atom stereocenters. The Bertz CT molecular complexity index is 820. The number of aromatic nitrogens is 3. The Hall–Kier alpha value is -2.31. The van der Waals surface area contributed by atoms with E-state index >= 15 is 0 Å². The van der Waals surface area contributed by atoms with Gasteiger partial charge in [-0.15, -0.1) is 0 Å². The molecule has 0 aliphatic heterocycles. The summed E-state index contributed by atoms with van der Waals surface area (Å²) in [7, 11) is 0. The summed E-state index contributed by atoms with van der Waals surface area (Å²) in [6.07, 6.45) is 2.61. The zero-order valence-corrected chi connectivity index (χ0v) is 14.4. The molecule has 2 N–H and O–H groups in total. The van der Waals surface area contributed by atoms with Crippen LogP contribution in [0.2, 0.25) is 0 Å². The van der Waals surface area contributed by atoms with Gasteiger partial charge >= 0.3 is 6.18 Å². The lowest BCUT2D eigenvalue weighted by Gasteiger charge is -2.28. The highest BCUT2D eigenvalue weighted by atomic mass is 19.4. The molecule has 2 aromatic rings. The predicted molar refractivity (Wildman–Crippen MR) is 91.0 cm³/mol. The quantitative estimate of drug-likeness (QED) is 0.794. The number of imidazole rings is 1. The van der Waals surface area contributed by atoms with E-state index in [1.165, 1.54) is 11.8 Å². The topological polar surface area (TPSA) is 56.7 Å². The van der Waals surface area contributed by atoms with Crippen LogP contribution in [0.25, 0.3) is 11.3 Å². The van der Waals surface area contributed by atoms with E-state index < -0.39 is 17.6 Å². The van der Waals surface area contributed by atoms with Gasteiger partial charge in [0.1, 0.15) is 11.6 Å². The van der Waals surface area contributed by atoms with Crippen LogP contribution in [0.5, 0.6) is 0 Å². The second-order valence-electron chi connectivity index (χ2n) is 6.56. The van der Waals surface area contributed by atoms with Crippen LogP contribution in [0.4, 0.5) is 19.0 Å². The summed E-state index contributed by atoms with van der Waals surface area (Å²) >= 11 is 0. The smallest absolute Gasteiger partial charge is 0.383 e. The Labute approximate surface area is 144 Å². The van der Waals surface area contributed by atoms with Crippen molar-refractivity contribution in [3.05, 3.63) is 41.5 Å². The van der Waals surface area contributed by atoms with Crippen molar-refractivity contribution >= 4 is 5.82 Å². The number of anilines is 1. The normalized spacial score (nSPS) is 18.6. The molecule has 2 aromatic heterocycles. The van der Waals surface area contributed by atoms with Crippen LogP contribution in [0, 0.1) is 0 Å². The van der Waals surface area contributed by atoms with Gasteiger partial charge in [0, 0.05) is 23.9 Å². The molecule has 2 atom stereocenters. The van der Waals surface area contributed by atoms with Gasteiger partial charge in [0.25, 0.3) is 0 Å². The molecule has 2 heterocycles. The molecule has 0 amide bonds. The molecule has 0 bridgehead atoms. The standard InChI is InChI=1S/C18H21F3N4/c1-4-10(2)17-24-14(9-25(17)15-6-5-11(15)3)12-7-13(18(19,20)21)16(22)23-8-12/h5,7-10,15H,4,6H2,1-3H3,(H2,22,23). The number of nitrogen functional groups attached to an aromatic ring is 1. The van der Waals surface area contributed by atoms with Gasteiger partial charge in [-0.25, -0.2) is 9.97 Å². The van der Waals surface area contributed by atoms with Crippen molar-refractivity contribution in [1.29, 1.82) is 0 Å². The van der Waals surface area contributed by atoms with Gasteiger partial charge in [-0.1, -0.05) is 25.5 Å². The van der Waals surface area contributed by atoms with Crippen LogP contribution in [0.3, 0.4) is 0 Å². The van der Waals surface area contributed by atoms with Crippen LogP contribution in [0.1, 0.15) is 57.0 Å². The van der Waals surface area contributed by atoms with E-state index in [4.69, 9.17) is 5.73 Å². The molecule has 0 spiro atoms. The van der Waals surface area contributed by atoms with Gasteiger partial charge < -0.3 is 10.3 Å². The first kappa shape index (κ1) is 17.5. The lowest BCUT2D eigenvalue weighted by Crippen LogP contribution is -2.19. The zero-order chi connectivity index (χ0) is 18.4. The van der Waals surface area contributed by atoms with E-state index in [2.05, 4.69) is 41.4 Å². The minimum absolute atomic E-state index is 0.214. The molecule has 1 aliphatic rings. The molecule has 4 nitrogen and oxygen atoms in total. The highest BCUT2D eigenvalue weighted by Gasteiger charge is 2.34. The Morgan fingerprint density at radius 3 is 2.64 bits per heavy atom. The summed E-state index contributed by atoms with van der Waals surface area (Å²) in [5.74, 6) is 0.585. The minimum atomic E-state index is -4.54. The number of allylic oxidation sites excluding steroid dienone is 2. The highest BCUT2D eigenvalue weighted by molar-refractivity contribution is 5.62. The summed E-state index contributed by atoms with van der Waals surface area (Å²) in [4.78, 5) is 8.35. The average molecular weight is 350 g/mol. The van der Waals surface area contributed by atoms with Crippen molar-refractivity contribution in [2.75, 3.05) is 5.73 Å². The summed E-state index contributed by atoms with van der Waals surface area (Å²) in [5, 5.41) is 0. The minimum Gasteiger partial charge on any atom is -0.383 e. The average Bonchev–Trinajstić information content (AvgIpc) is 2.96. The predicted octanol–water partition coefficient (Wildman–Crippen LogP) is 4.95. The van der Waals surface area contributed by atoms with Crippen molar-refractivity contribution in [2.45, 2.75) is 51.7 Å². The molecule has 0 aromatic carbocycles. The van der Waals surface area contributed by atoms with Crippen molar-refractivity contribution in [1.82, 2.24) is 14.5 Å². The van der Waals surface area contributed by atoms with Gasteiger partial charge in [-0.05, 0) is 25.8 Å². The van der Waals surface area contributed by atoms with Crippen molar-refractivity contribution < 1.29 is 13.2 Å². The Morgan fingerprint density at radius 2 is 2.12 bits per heavy atom. The molecule has 7 heteroatoms. The van der Waals surface area contributed by atoms with Crippen LogP contribution < -0.4 is 5.73 Å². The largest absolute Gasteiger partial charge is 0.419 e. The monoisotopic (exact) mass is 350 g/mol. The van der Waals surface area contributed by atoms with Crippen molar-refractivity contribution in [3.8, 4) is 11.3 Å². The van der Waals surface area contributed by atoms with Crippen LogP contribution in [0.15, 0.2) is 30.1 Å². The first-order chi connectivity index (χ1) is 11.7. The summed E-state index contributed by atoms with van der Waals surface area (Å²) in [5.41, 5.74) is 6.53. The molecule has 3 rings (SSSR count). The molecule has 0 fully saturated rings. The lowest BCUT2D eigenvalue weighted by molar-refractivity contribution is -0.137. The summed E-state index contributed by atoms with van der Waals surface area (Å²) in [6.45, 7) is 6.20. The SMILES string of the molecule is CCC(C)c1nc(-c2cnc(N)c(C(F)(F)F)c2)cn1C1CC=C1C. The number of nitrogens with zero attached hydrogens (tertiary/aromatic N) is 3. The second kappa shape index (κ2) is 6.20. The number of alkyl halides is 3. The van der Waals surface area contributed by atoms with Gasteiger partial charge in [-0.2, -0.15) is 13.2 Å². The first-order valence-electron chi connectivity index (χ1n) is 8.30. The highest BCUT2D eigenvalue weighted by Crippen LogP contribution is 2.38. The maximum Gasteiger partial charge on any atom is 0.419 e. The van der Waals surface area contributed by atoms with Gasteiger partial charge in [0.15, 0.2) is 0 Å². The number of hydrogen-bond donors (Lipinski definition) is 1. The fourth-order valence-corrected chi connectivity index (χ4v) is 2.98. The third-order valence-electron chi connectivity index (χ3n) is 4.86. The number of pyridine rings is 1. The molecule has 1 aliphatic carbocycles. The number of nitrogens with two attached hydrogens (primary N) is 1. The fourth-order valence-electron chi connectivity index (χ4n) is 2.98. The van der Waals surface area contributed by atoms with Gasteiger partial charge in [0.05, 0.1) is 17.3 Å². The lowest BCUT2D eigenvalue weighted by atomic mass is 9.93. The molecule has 0 saturated carbocycles. The molecule has 134 valence electrons. The van der Waals surface area contributed by atoms with Gasteiger partial charge in [0.2, 0.25) is 0 Å². The van der Waals surface area contributed by atoms with E-state index in [9.17, 15) is 13.2 Å². The molecule has 0 radical (unpaired) electrons. The molecule has 0 saturated heterocycles. The summed E-state index contributed by atoms with van der Waals surface area (Å²) in [6, 6.07) is 1.26. The Kier molecular flexibility index (Phi) is 4.34.